The lowest BCUT2D eigenvalue weighted by Gasteiger charge is -2.41. The van der Waals surface area contributed by atoms with Crippen LogP contribution in [0.1, 0.15) is 81.6 Å². The molecular weight excluding hydrogens is 304 g/mol. The lowest BCUT2D eigenvalue weighted by Crippen LogP contribution is -2.45. The van der Waals surface area contributed by atoms with Crippen LogP contribution in [-0.2, 0) is 19.1 Å². The van der Waals surface area contributed by atoms with Crippen LogP contribution in [0, 0.1) is 22.7 Å². The molecule has 0 aliphatic rings. The summed E-state index contributed by atoms with van der Waals surface area (Å²) in [6.07, 6.45) is 1.82. The molecule has 4 heteroatoms. The smallest absolute Gasteiger partial charge is 0.347 e. The molecule has 0 amide bonds. The highest BCUT2D eigenvalue weighted by molar-refractivity contribution is 5.82. The first-order chi connectivity index (χ1) is 10.9. The molecular formula is C20H38O4. The summed E-state index contributed by atoms with van der Waals surface area (Å²) < 4.78 is 10.8. The summed E-state index contributed by atoms with van der Waals surface area (Å²) in [6, 6.07) is 0. The molecule has 0 aliphatic heterocycles. The van der Waals surface area contributed by atoms with E-state index in [0.29, 0.717) is 5.92 Å². The summed E-state index contributed by atoms with van der Waals surface area (Å²) in [5.74, 6) is -0.340. The number of ether oxygens (including phenoxy) is 2. The zero-order valence-electron chi connectivity index (χ0n) is 17.2. The van der Waals surface area contributed by atoms with E-state index in [1.54, 1.807) is 6.92 Å². The summed E-state index contributed by atoms with van der Waals surface area (Å²) in [4.78, 5) is 25.1. The van der Waals surface area contributed by atoms with Crippen LogP contribution in [0.5, 0.6) is 0 Å². The first-order valence-electron chi connectivity index (χ1n) is 9.28. The molecule has 0 aromatic rings. The second kappa shape index (κ2) is 9.43. The van der Waals surface area contributed by atoms with Gasteiger partial charge in [-0.3, -0.25) is 4.79 Å². The van der Waals surface area contributed by atoms with E-state index in [1.807, 2.05) is 20.8 Å². The zero-order valence-corrected chi connectivity index (χ0v) is 17.2. The predicted octanol–water partition coefficient (Wildman–Crippen LogP) is 5.00. The summed E-state index contributed by atoms with van der Waals surface area (Å²) in [6.45, 7) is 18.3. The highest BCUT2D eigenvalue weighted by atomic mass is 16.6. The lowest BCUT2D eigenvalue weighted by atomic mass is 9.64. The van der Waals surface area contributed by atoms with Crippen LogP contribution in [0.25, 0.3) is 0 Å². The fraction of sp³-hybridized carbons (Fsp3) is 0.900. The molecule has 2 unspecified atom stereocenters. The minimum atomic E-state index is -0.827. The highest BCUT2D eigenvalue weighted by Crippen LogP contribution is 2.44. The standard InChI is InChI=1S/C20H38O4/c1-10-12-15(5)16(17(21)23-11-2)24-18(22)20(8,9)19(6,7)13-14(3)4/h14-16H,10-13H2,1-9H3. The summed E-state index contributed by atoms with van der Waals surface area (Å²) in [7, 11) is 0. The SMILES string of the molecule is CCCC(C)C(OC(=O)C(C)(C)C(C)(C)CC(C)C)C(=O)OCC. The van der Waals surface area contributed by atoms with Crippen LogP contribution < -0.4 is 0 Å². The fourth-order valence-electron chi connectivity index (χ4n) is 3.04. The van der Waals surface area contributed by atoms with Crippen molar-refractivity contribution in [2.45, 2.75) is 87.7 Å². The lowest BCUT2D eigenvalue weighted by molar-refractivity contribution is -0.182. The minimum absolute atomic E-state index is 0.0537. The molecule has 0 fully saturated rings. The van der Waals surface area contributed by atoms with Gasteiger partial charge in [0.2, 0.25) is 6.10 Å². The number of carbonyl (C=O) groups excluding carboxylic acids is 2. The van der Waals surface area contributed by atoms with Gasteiger partial charge in [-0.15, -0.1) is 0 Å². The Labute approximate surface area is 148 Å². The maximum atomic E-state index is 12.9. The second-order valence-electron chi connectivity index (χ2n) is 8.45. The Balaban J connectivity index is 5.31. The van der Waals surface area contributed by atoms with Crippen molar-refractivity contribution in [2.24, 2.45) is 22.7 Å². The van der Waals surface area contributed by atoms with Crippen molar-refractivity contribution >= 4 is 11.9 Å². The molecule has 142 valence electrons. The van der Waals surface area contributed by atoms with Crippen LogP contribution in [0.4, 0.5) is 0 Å². The van der Waals surface area contributed by atoms with Gasteiger partial charge >= 0.3 is 11.9 Å². The van der Waals surface area contributed by atoms with Crippen molar-refractivity contribution in [2.75, 3.05) is 6.61 Å². The maximum Gasteiger partial charge on any atom is 0.347 e. The van der Waals surface area contributed by atoms with Crippen molar-refractivity contribution in [1.29, 1.82) is 0 Å². The topological polar surface area (TPSA) is 52.6 Å². The predicted molar refractivity (Wildman–Crippen MR) is 97.6 cm³/mol. The van der Waals surface area contributed by atoms with E-state index in [-0.39, 0.29) is 23.9 Å². The van der Waals surface area contributed by atoms with Gasteiger partial charge in [-0.1, -0.05) is 48.0 Å². The average molecular weight is 343 g/mol. The minimum Gasteiger partial charge on any atom is -0.463 e. The Morgan fingerprint density at radius 1 is 1.00 bits per heavy atom. The van der Waals surface area contributed by atoms with Crippen molar-refractivity contribution in [1.82, 2.24) is 0 Å². The molecule has 24 heavy (non-hydrogen) atoms. The molecule has 0 saturated heterocycles. The monoisotopic (exact) mass is 342 g/mol. The van der Waals surface area contributed by atoms with Crippen molar-refractivity contribution in [3.05, 3.63) is 0 Å². The molecule has 0 aromatic carbocycles. The first-order valence-corrected chi connectivity index (χ1v) is 9.28. The molecule has 4 nitrogen and oxygen atoms in total. The third-order valence-electron chi connectivity index (χ3n) is 5.13. The fourth-order valence-corrected chi connectivity index (χ4v) is 3.04. The quantitative estimate of drug-likeness (QED) is 0.524. The van der Waals surface area contributed by atoms with Crippen LogP contribution >= 0.6 is 0 Å². The number of carbonyl (C=O) groups is 2. The largest absolute Gasteiger partial charge is 0.463 e. The molecule has 0 saturated carbocycles. The second-order valence-corrected chi connectivity index (χ2v) is 8.45. The summed E-state index contributed by atoms with van der Waals surface area (Å²) >= 11 is 0. The Kier molecular flexibility index (Phi) is 9.01. The first kappa shape index (κ1) is 22.9. The molecule has 0 heterocycles. The molecule has 2 atom stereocenters. The van der Waals surface area contributed by atoms with Gasteiger partial charge in [0, 0.05) is 5.92 Å². The van der Waals surface area contributed by atoms with Crippen LogP contribution in [0.15, 0.2) is 0 Å². The molecule has 0 aliphatic carbocycles. The Hall–Kier alpha value is -1.06. The van der Waals surface area contributed by atoms with Gasteiger partial charge in [-0.05, 0) is 44.9 Å². The molecule has 0 aromatic heterocycles. The number of hydrogen-bond acceptors (Lipinski definition) is 4. The van der Waals surface area contributed by atoms with E-state index >= 15 is 0 Å². The molecule has 0 rings (SSSR count). The van der Waals surface area contributed by atoms with Crippen LogP contribution in [0.2, 0.25) is 0 Å². The van der Waals surface area contributed by atoms with Crippen molar-refractivity contribution < 1.29 is 19.1 Å². The number of esters is 2. The molecule has 0 bridgehead atoms. The number of hydrogen-bond donors (Lipinski definition) is 0. The Morgan fingerprint density at radius 2 is 1.54 bits per heavy atom. The van der Waals surface area contributed by atoms with E-state index in [0.717, 1.165) is 19.3 Å². The van der Waals surface area contributed by atoms with E-state index in [1.165, 1.54) is 0 Å². The molecule has 0 radical (unpaired) electrons. The van der Waals surface area contributed by atoms with E-state index in [2.05, 4.69) is 34.6 Å². The molecule has 0 spiro atoms. The van der Waals surface area contributed by atoms with Gasteiger partial charge in [-0.2, -0.15) is 0 Å². The number of rotatable bonds is 10. The summed E-state index contributed by atoms with van der Waals surface area (Å²) in [5, 5.41) is 0. The highest BCUT2D eigenvalue weighted by Gasteiger charge is 2.46. The van der Waals surface area contributed by atoms with Gasteiger partial charge in [-0.25, -0.2) is 4.79 Å². The third kappa shape index (κ3) is 6.10. The van der Waals surface area contributed by atoms with Crippen molar-refractivity contribution in [3.8, 4) is 0 Å². The van der Waals surface area contributed by atoms with Crippen molar-refractivity contribution in [3.63, 3.8) is 0 Å². The Morgan fingerprint density at radius 3 is 1.96 bits per heavy atom. The van der Waals surface area contributed by atoms with E-state index in [9.17, 15) is 9.59 Å². The normalized spacial score (nSPS) is 15.1. The summed E-state index contributed by atoms with van der Waals surface area (Å²) in [5.41, 5.74) is -0.917. The van der Waals surface area contributed by atoms with Gasteiger partial charge in [0.15, 0.2) is 0 Å². The third-order valence-corrected chi connectivity index (χ3v) is 5.13. The Bertz CT molecular complexity index is 410. The van der Waals surface area contributed by atoms with E-state index in [4.69, 9.17) is 9.47 Å². The molecule has 0 N–H and O–H groups in total. The van der Waals surface area contributed by atoms with Crippen LogP contribution in [-0.4, -0.2) is 24.6 Å². The van der Waals surface area contributed by atoms with Gasteiger partial charge in [0.25, 0.3) is 0 Å². The zero-order chi connectivity index (χ0) is 19.1. The van der Waals surface area contributed by atoms with E-state index < -0.39 is 17.5 Å². The van der Waals surface area contributed by atoms with Gasteiger partial charge in [0.05, 0.1) is 12.0 Å². The van der Waals surface area contributed by atoms with Gasteiger partial charge in [0.1, 0.15) is 0 Å². The average Bonchev–Trinajstić information content (AvgIpc) is 2.43. The maximum absolute atomic E-state index is 12.9. The van der Waals surface area contributed by atoms with Gasteiger partial charge < -0.3 is 9.47 Å². The van der Waals surface area contributed by atoms with Crippen LogP contribution in [0.3, 0.4) is 0 Å².